The van der Waals surface area contributed by atoms with Crippen LogP contribution in [0.3, 0.4) is 0 Å². The number of aromatic nitrogens is 2. The summed E-state index contributed by atoms with van der Waals surface area (Å²) in [5.74, 6) is 0.375. The monoisotopic (exact) mass is 404 g/mol. The average Bonchev–Trinajstić information content (AvgIpc) is 2.70. The summed E-state index contributed by atoms with van der Waals surface area (Å²) in [6.07, 6.45) is 3.63. The molecule has 0 aliphatic carbocycles. The van der Waals surface area contributed by atoms with Crippen molar-refractivity contribution in [1.29, 1.82) is 0 Å². The predicted octanol–water partition coefficient (Wildman–Crippen LogP) is 4.75. The molecule has 5 heteroatoms. The maximum absolute atomic E-state index is 11.1. The summed E-state index contributed by atoms with van der Waals surface area (Å²) in [5, 5.41) is 11.1. The smallest absolute Gasteiger partial charge is 0.123 e. The van der Waals surface area contributed by atoms with Crippen LogP contribution in [0.4, 0.5) is 5.69 Å². The van der Waals surface area contributed by atoms with Crippen molar-refractivity contribution in [3.05, 3.63) is 83.4 Å². The van der Waals surface area contributed by atoms with Gasteiger partial charge in [-0.3, -0.25) is 14.9 Å². The molecule has 0 saturated heterocycles. The van der Waals surface area contributed by atoms with Crippen LogP contribution in [-0.2, 0) is 25.0 Å². The molecule has 3 aromatic rings. The fourth-order valence-corrected chi connectivity index (χ4v) is 3.48. The third kappa shape index (κ3) is 5.57. The summed E-state index contributed by atoms with van der Waals surface area (Å²) in [6.45, 7) is 8.34. The highest BCUT2D eigenvalue weighted by atomic mass is 16.3. The minimum Gasteiger partial charge on any atom is -0.507 e. The van der Waals surface area contributed by atoms with Crippen molar-refractivity contribution >= 4 is 5.69 Å². The number of hydrogen-bond donors (Lipinski definition) is 1. The summed E-state index contributed by atoms with van der Waals surface area (Å²) in [6, 6.07) is 16.1. The molecule has 0 atom stereocenters. The highest BCUT2D eigenvalue weighted by molar-refractivity contribution is 5.58. The van der Waals surface area contributed by atoms with Gasteiger partial charge in [0.1, 0.15) is 5.75 Å². The van der Waals surface area contributed by atoms with Crippen LogP contribution in [0, 0.1) is 0 Å². The van der Waals surface area contributed by atoms with Crippen LogP contribution in [0.1, 0.15) is 43.3 Å². The second kappa shape index (κ2) is 9.26. The Morgan fingerprint density at radius 2 is 1.40 bits per heavy atom. The Kier molecular flexibility index (Phi) is 6.73. The molecule has 2 aromatic heterocycles. The lowest BCUT2D eigenvalue weighted by atomic mass is 9.84. The minimum atomic E-state index is -0.155. The van der Waals surface area contributed by atoms with E-state index in [1.54, 1.807) is 0 Å². The topological polar surface area (TPSA) is 52.5 Å². The second-order valence-electron chi connectivity index (χ2n) is 8.93. The Balaban J connectivity index is 1.97. The number of phenols is 1. The molecule has 0 fully saturated rings. The first kappa shape index (κ1) is 21.8. The van der Waals surface area contributed by atoms with E-state index in [-0.39, 0.29) is 5.41 Å². The van der Waals surface area contributed by atoms with Gasteiger partial charge in [0, 0.05) is 62.9 Å². The second-order valence-corrected chi connectivity index (χ2v) is 8.93. The number of rotatable bonds is 7. The zero-order chi connectivity index (χ0) is 21.7. The third-order valence-corrected chi connectivity index (χ3v) is 5.12. The normalized spacial score (nSPS) is 11.7. The van der Waals surface area contributed by atoms with E-state index in [4.69, 9.17) is 0 Å². The fourth-order valence-electron chi connectivity index (χ4n) is 3.48. The van der Waals surface area contributed by atoms with E-state index >= 15 is 0 Å². The van der Waals surface area contributed by atoms with E-state index in [0.29, 0.717) is 25.4 Å². The summed E-state index contributed by atoms with van der Waals surface area (Å²) in [5.41, 5.74) is 4.79. The molecule has 0 bridgehead atoms. The summed E-state index contributed by atoms with van der Waals surface area (Å²) >= 11 is 0. The van der Waals surface area contributed by atoms with Crippen LogP contribution in [0.25, 0.3) is 0 Å². The molecule has 0 aliphatic heterocycles. The zero-order valence-electron chi connectivity index (χ0n) is 18.6. The molecular weight excluding hydrogens is 372 g/mol. The predicted molar refractivity (Wildman–Crippen MR) is 123 cm³/mol. The summed E-state index contributed by atoms with van der Waals surface area (Å²) in [4.78, 5) is 13.3. The lowest BCUT2D eigenvalue weighted by Gasteiger charge is -2.28. The van der Waals surface area contributed by atoms with Crippen LogP contribution in [0.15, 0.2) is 60.9 Å². The first-order valence-corrected chi connectivity index (χ1v) is 10.3. The molecule has 30 heavy (non-hydrogen) atoms. The lowest BCUT2D eigenvalue weighted by Crippen LogP contribution is -2.24. The molecule has 0 unspecified atom stereocenters. The first-order valence-electron chi connectivity index (χ1n) is 10.3. The Bertz CT molecular complexity index is 909. The van der Waals surface area contributed by atoms with Crippen molar-refractivity contribution in [3.63, 3.8) is 0 Å². The Hall–Kier alpha value is -2.92. The van der Waals surface area contributed by atoms with Crippen LogP contribution in [0.5, 0.6) is 5.75 Å². The minimum absolute atomic E-state index is 0.155. The van der Waals surface area contributed by atoms with Crippen LogP contribution in [-0.4, -0.2) is 34.1 Å². The summed E-state index contributed by atoms with van der Waals surface area (Å²) < 4.78 is 0. The highest BCUT2D eigenvalue weighted by Gasteiger charge is 2.23. The Morgan fingerprint density at radius 3 is 1.83 bits per heavy atom. The SMILES string of the molecule is CN(C)c1cc(CN(Cc2ccccn2)Cc2ccccn2)c(O)c(C(C)(C)C)c1. The van der Waals surface area contributed by atoms with Crippen molar-refractivity contribution < 1.29 is 5.11 Å². The molecule has 1 N–H and O–H groups in total. The quantitative estimate of drug-likeness (QED) is 0.616. The van der Waals surface area contributed by atoms with E-state index in [9.17, 15) is 5.11 Å². The van der Waals surface area contributed by atoms with Gasteiger partial charge in [-0.05, 0) is 41.8 Å². The van der Waals surface area contributed by atoms with E-state index in [2.05, 4.69) is 52.7 Å². The largest absolute Gasteiger partial charge is 0.507 e. The van der Waals surface area contributed by atoms with E-state index in [1.165, 1.54) is 0 Å². The lowest BCUT2D eigenvalue weighted by molar-refractivity contribution is 0.238. The molecule has 0 aliphatic rings. The standard InChI is InChI=1S/C25H32N4O/c1-25(2,3)23-15-22(28(4)5)14-19(24(23)30)16-29(17-20-10-6-8-12-26-20)18-21-11-7-9-13-27-21/h6-15,30H,16-18H2,1-5H3. The molecule has 0 spiro atoms. The van der Waals surface area contributed by atoms with E-state index in [1.807, 2.05) is 62.9 Å². The molecule has 0 saturated carbocycles. The molecule has 0 amide bonds. The van der Waals surface area contributed by atoms with Gasteiger partial charge in [0.25, 0.3) is 0 Å². The molecule has 5 nitrogen and oxygen atoms in total. The Morgan fingerprint density at radius 1 is 0.833 bits per heavy atom. The molecule has 1 aromatic carbocycles. The molecule has 3 rings (SSSR count). The Labute approximate surface area is 180 Å². The molecule has 2 heterocycles. The van der Waals surface area contributed by atoms with Crippen LogP contribution >= 0.6 is 0 Å². The van der Waals surface area contributed by atoms with Crippen molar-refractivity contribution in [2.75, 3.05) is 19.0 Å². The zero-order valence-corrected chi connectivity index (χ0v) is 18.6. The first-order chi connectivity index (χ1) is 14.2. The number of nitrogens with zero attached hydrogens (tertiary/aromatic N) is 4. The number of anilines is 1. The fraction of sp³-hybridized carbons (Fsp3) is 0.360. The van der Waals surface area contributed by atoms with Gasteiger partial charge in [-0.1, -0.05) is 32.9 Å². The third-order valence-electron chi connectivity index (χ3n) is 5.12. The molecular formula is C25H32N4O. The van der Waals surface area contributed by atoms with Gasteiger partial charge in [0.2, 0.25) is 0 Å². The van der Waals surface area contributed by atoms with Gasteiger partial charge < -0.3 is 10.0 Å². The van der Waals surface area contributed by atoms with Crippen molar-refractivity contribution in [3.8, 4) is 5.75 Å². The van der Waals surface area contributed by atoms with E-state index < -0.39 is 0 Å². The number of aromatic hydroxyl groups is 1. The van der Waals surface area contributed by atoms with Gasteiger partial charge in [0.15, 0.2) is 0 Å². The highest BCUT2D eigenvalue weighted by Crippen LogP contribution is 2.37. The number of benzene rings is 1. The van der Waals surface area contributed by atoms with Crippen molar-refractivity contribution in [2.45, 2.75) is 45.8 Å². The molecule has 0 radical (unpaired) electrons. The van der Waals surface area contributed by atoms with Gasteiger partial charge in [0.05, 0.1) is 11.4 Å². The number of phenolic OH excluding ortho intramolecular Hbond substituents is 1. The number of hydrogen-bond acceptors (Lipinski definition) is 5. The van der Waals surface area contributed by atoms with Gasteiger partial charge in [-0.25, -0.2) is 0 Å². The van der Waals surface area contributed by atoms with Crippen LogP contribution < -0.4 is 4.90 Å². The van der Waals surface area contributed by atoms with E-state index in [0.717, 1.165) is 28.2 Å². The van der Waals surface area contributed by atoms with Gasteiger partial charge in [-0.15, -0.1) is 0 Å². The average molecular weight is 405 g/mol. The van der Waals surface area contributed by atoms with Gasteiger partial charge >= 0.3 is 0 Å². The summed E-state index contributed by atoms with van der Waals surface area (Å²) in [7, 11) is 4.06. The van der Waals surface area contributed by atoms with Crippen molar-refractivity contribution in [1.82, 2.24) is 14.9 Å². The maximum atomic E-state index is 11.1. The maximum Gasteiger partial charge on any atom is 0.123 e. The molecule has 158 valence electrons. The van der Waals surface area contributed by atoms with Crippen LogP contribution in [0.2, 0.25) is 0 Å². The van der Waals surface area contributed by atoms with Crippen molar-refractivity contribution in [2.24, 2.45) is 0 Å². The number of pyridine rings is 2. The van der Waals surface area contributed by atoms with Gasteiger partial charge in [-0.2, -0.15) is 0 Å².